The van der Waals surface area contributed by atoms with E-state index in [0.717, 1.165) is 6.26 Å². The summed E-state index contributed by atoms with van der Waals surface area (Å²) in [7, 11) is -3.70. The highest BCUT2D eigenvalue weighted by Gasteiger charge is 2.26. The van der Waals surface area contributed by atoms with Crippen molar-refractivity contribution in [3.8, 4) is 11.5 Å². The highest BCUT2D eigenvalue weighted by Crippen LogP contribution is 2.24. The van der Waals surface area contributed by atoms with Crippen LogP contribution in [0.15, 0.2) is 39.8 Å². The zero-order chi connectivity index (χ0) is 13.3. The zero-order valence-corrected chi connectivity index (χ0v) is 10.3. The predicted molar refractivity (Wildman–Crippen MR) is 63.6 cm³/mol. The normalized spacial score (nSPS) is 11.4. The van der Waals surface area contributed by atoms with E-state index < -0.39 is 20.8 Å². The smallest absolute Gasteiger partial charge is 0.272 e. The fraction of sp³-hybridized carbons (Fsp3) is 0.0909. The quantitative estimate of drug-likeness (QED) is 0.886. The second-order valence-electron chi connectivity index (χ2n) is 3.66. The van der Waals surface area contributed by atoms with Crippen molar-refractivity contribution >= 4 is 15.7 Å². The van der Waals surface area contributed by atoms with Crippen LogP contribution in [0.25, 0.3) is 11.5 Å². The molecule has 6 nitrogen and oxygen atoms in total. The molecule has 0 aliphatic heterocycles. The van der Waals surface area contributed by atoms with Gasteiger partial charge in [-0.15, -0.1) is 0 Å². The Labute approximate surface area is 103 Å². The Morgan fingerprint density at radius 1 is 1.28 bits per heavy atom. The molecule has 2 rings (SSSR count). The van der Waals surface area contributed by atoms with Crippen molar-refractivity contribution in [2.75, 3.05) is 6.26 Å². The first-order chi connectivity index (χ1) is 8.39. The van der Waals surface area contributed by atoms with Crippen molar-refractivity contribution in [2.45, 2.75) is 5.09 Å². The second kappa shape index (κ2) is 4.26. The Morgan fingerprint density at radius 3 is 2.33 bits per heavy atom. The number of hydrogen-bond donors (Lipinski definition) is 1. The van der Waals surface area contributed by atoms with Gasteiger partial charge < -0.3 is 10.2 Å². The maximum atomic E-state index is 11.5. The van der Waals surface area contributed by atoms with Crippen LogP contribution in [0, 0.1) is 0 Å². The summed E-state index contributed by atoms with van der Waals surface area (Å²) in [6, 6.07) is 8.64. The van der Waals surface area contributed by atoms with Crippen LogP contribution >= 0.6 is 0 Å². The zero-order valence-electron chi connectivity index (χ0n) is 9.45. The number of primary amides is 1. The molecule has 94 valence electrons. The van der Waals surface area contributed by atoms with Gasteiger partial charge in [0.2, 0.25) is 15.7 Å². The van der Waals surface area contributed by atoms with Gasteiger partial charge in [0.25, 0.3) is 11.0 Å². The summed E-state index contributed by atoms with van der Waals surface area (Å²) in [4.78, 5) is 15.0. The molecule has 1 heterocycles. The first kappa shape index (κ1) is 12.3. The van der Waals surface area contributed by atoms with Crippen molar-refractivity contribution in [3.05, 3.63) is 36.0 Å². The van der Waals surface area contributed by atoms with Crippen LogP contribution in [-0.4, -0.2) is 25.6 Å². The minimum atomic E-state index is -3.70. The number of carbonyl (C=O) groups is 1. The van der Waals surface area contributed by atoms with Crippen LogP contribution in [0.2, 0.25) is 0 Å². The summed E-state index contributed by atoms with van der Waals surface area (Å²) in [5.41, 5.74) is 5.26. The molecule has 0 spiro atoms. The molecule has 0 aliphatic rings. The van der Waals surface area contributed by atoms with Crippen LogP contribution in [-0.2, 0) is 9.84 Å². The average molecular weight is 266 g/mol. The van der Waals surface area contributed by atoms with Crippen LogP contribution in [0.5, 0.6) is 0 Å². The van der Waals surface area contributed by atoms with Gasteiger partial charge in [0.15, 0.2) is 5.69 Å². The molecule has 0 atom stereocenters. The van der Waals surface area contributed by atoms with Gasteiger partial charge in [0.1, 0.15) is 0 Å². The van der Waals surface area contributed by atoms with E-state index in [1.807, 2.05) is 0 Å². The molecule has 0 radical (unpaired) electrons. The monoisotopic (exact) mass is 266 g/mol. The van der Waals surface area contributed by atoms with Crippen LogP contribution in [0.4, 0.5) is 0 Å². The van der Waals surface area contributed by atoms with E-state index in [1.165, 1.54) is 0 Å². The lowest BCUT2D eigenvalue weighted by Gasteiger charge is -1.93. The van der Waals surface area contributed by atoms with E-state index in [4.69, 9.17) is 10.2 Å². The summed E-state index contributed by atoms with van der Waals surface area (Å²) >= 11 is 0. The van der Waals surface area contributed by atoms with Crippen LogP contribution in [0.1, 0.15) is 10.5 Å². The lowest BCUT2D eigenvalue weighted by Crippen LogP contribution is -2.15. The van der Waals surface area contributed by atoms with E-state index in [0.29, 0.717) is 5.56 Å². The van der Waals surface area contributed by atoms with E-state index in [1.54, 1.807) is 30.3 Å². The third-order valence-electron chi connectivity index (χ3n) is 2.19. The number of carbonyl (C=O) groups excluding carboxylic acids is 1. The lowest BCUT2D eigenvalue weighted by molar-refractivity contribution is 0.0990. The summed E-state index contributed by atoms with van der Waals surface area (Å²) < 4.78 is 28.0. The number of sulfone groups is 1. The first-order valence-electron chi connectivity index (χ1n) is 4.95. The molecular formula is C11H10N2O4S. The van der Waals surface area contributed by atoms with E-state index in [-0.39, 0.29) is 11.6 Å². The largest absolute Gasteiger partial charge is 0.424 e. The highest BCUT2D eigenvalue weighted by molar-refractivity contribution is 7.90. The SMILES string of the molecule is CS(=O)(=O)c1oc(-c2ccccc2)nc1C(N)=O. The Bertz CT molecular complexity index is 689. The molecule has 1 aromatic heterocycles. The van der Waals surface area contributed by atoms with Gasteiger partial charge in [-0.3, -0.25) is 4.79 Å². The number of benzene rings is 1. The molecule has 0 saturated carbocycles. The lowest BCUT2D eigenvalue weighted by atomic mass is 10.2. The molecular weight excluding hydrogens is 256 g/mol. The number of rotatable bonds is 3. The number of aromatic nitrogens is 1. The number of nitrogens with two attached hydrogens (primary N) is 1. The maximum Gasteiger partial charge on any atom is 0.272 e. The van der Waals surface area contributed by atoms with Gasteiger partial charge >= 0.3 is 0 Å². The van der Waals surface area contributed by atoms with E-state index in [9.17, 15) is 13.2 Å². The third kappa shape index (κ3) is 2.25. The second-order valence-corrected chi connectivity index (χ2v) is 5.57. The molecule has 0 aliphatic carbocycles. The molecule has 0 fully saturated rings. The standard InChI is InChI=1S/C11H10N2O4S/c1-18(15,16)11-8(9(12)14)13-10(17-11)7-5-3-2-4-6-7/h2-6H,1H3,(H2,12,14). The fourth-order valence-corrected chi connectivity index (χ4v) is 2.15. The van der Waals surface area contributed by atoms with Crippen LogP contribution < -0.4 is 5.73 Å². The van der Waals surface area contributed by atoms with E-state index in [2.05, 4.69) is 4.98 Å². The fourth-order valence-electron chi connectivity index (χ4n) is 1.42. The summed E-state index contributed by atoms with van der Waals surface area (Å²) in [5.74, 6) is -0.897. The predicted octanol–water partition coefficient (Wildman–Crippen LogP) is 0.844. The molecule has 7 heteroatoms. The molecule has 2 aromatic rings. The third-order valence-corrected chi connectivity index (χ3v) is 3.14. The van der Waals surface area contributed by atoms with Gasteiger partial charge in [-0.05, 0) is 12.1 Å². The van der Waals surface area contributed by atoms with Crippen molar-refractivity contribution in [1.29, 1.82) is 0 Å². The minimum Gasteiger partial charge on any atom is -0.424 e. The van der Waals surface area contributed by atoms with Crippen molar-refractivity contribution < 1.29 is 17.6 Å². The number of oxazole rings is 1. The number of amides is 1. The molecule has 0 unspecified atom stereocenters. The Kier molecular flexibility index (Phi) is 2.92. The van der Waals surface area contributed by atoms with Crippen molar-refractivity contribution in [1.82, 2.24) is 4.98 Å². The molecule has 18 heavy (non-hydrogen) atoms. The van der Waals surface area contributed by atoms with Crippen molar-refractivity contribution in [2.24, 2.45) is 5.73 Å². The van der Waals surface area contributed by atoms with Crippen molar-refractivity contribution in [3.63, 3.8) is 0 Å². The summed E-state index contributed by atoms with van der Waals surface area (Å²) in [6.07, 6.45) is 0.925. The minimum absolute atomic E-state index is 0.0461. The van der Waals surface area contributed by atoms with Gasteiger partial charge in [0.05, 0.1) is 0 Å². The molecule has 2 N–H and O–H groups in total. The molecule has 1 aromatic carbocycles. The molecule has 0 bridgehead atoms. The Hall–Kier alpha value is -2.15. The van der Waals surface area contributed by atoms with Gasteiger partial charge in [-0.1, -0.05) is 18.2 Å². The highest BCUT2D eigenvalue weighted by atomic mass is 32.2. The van der Waals surface area contributed by atoms with Gasteiger partial charge in [0, 0.05) is 11.8 Å². The first-order valence-corrected chi connectivity index (χ1v) is 6.85. The van der Waals surface area contributed by atoms with Gasteiger partial charge in [-0.2, -0.15) is 0 Å². The van der Waals surface area contributed by atoms with Crippen LogP contribution in [0.3, 0.4) is 0 Å². The maximum absolute atomic E-state index is 11.5. The number of hydrogen-bond acceptors (Lipinski definition) is 5. The topological polar surface area (TPSA) is 103 Å². The number of nitrogens with zero attached hydrogens (tertiary/aromatic N) is 1. The van der Waals surface area contributed by atoms with E-state index >= 15 is 0 Å². The molecule has 1 amide bonds. The summed E-state index contributed by atoms with van der Waals surface area (Å²) in [5, 5.41) is -0.506. The molecule has 0 saturated heterocycles. The Morgan fingerprint density at radius 2 is 1.89 bits per heavy atom. The average Bonchev–Trinajstić information content (AvgIpc) is 2.74. The summed E-state index contributed by atoms with van der Waals surface area (Å²) in [6.45, 7) is 0. The van der Waals surface area contributed by atoms with Gasteiger partial charge in [-0.25, -0.2) is 13.4 Å². The Balaban J connectivity index is 2.64.